The van der Waals surface area contributed by atoms with Crippen LogP contribution in [-0.4, -0.2) is 32.5 Å². The molecule has 1 N–H and O–H groups in total. The smallest absolute Gasteiger partial charge is 0.218 e. The highest BCUT2D eigenvalue weighted by Gasteiger charge is 2.18. The molecule has 1 aromatic heterocycles. The predicted molar refractivity (Wildman–Crippen MR) is 61.6 cm³/mol. The van der Waals surface area contributed by atoms with E-state index >= 15 is 0 Å². The Hall–Kier alpha value is -0.520. The fraction of sp³-hybridized carbons (Fsp3) is 0.556. The molecule has 0 spiro atoms. The maximum Gasteiger partial charge on any atom is 0.218 e. The summed E-state index contributed by atoms with van der Waals surface area (Å²) in [4.78, 5) is 7.96. The second-order valence-electron chi connectivity index (χ2n) is 3.34. The maximum atomic E-state index is 11.7. The lowest BCUT2D eigenvalue weighted by Crippen LogP contribution is -2.28. The second kappa shape index (κ2) is 6.15. The van der Waals surface area contributed by atoms with Gasteiger partial charge in [0.15, 0.2) is 0 Å². The van der Waals surface area contributed by atoms with Gasteiger partial charge in [-0.05, 0) is 25.5 Å². The maximum absolute atomic E-state index is 11.7. The number of nitrogens with one attached hydrogen (secondary N) is 1. The molecule has 6 heteroatoms. The van der Waals surface area contributed by atoms with Gasteiger partial charge in [0, 0.05) is 24.2 Å². The molecule has 0 aromatic carbocycles. The van der Waals surface area contributed by atoms with Gasteiger partial charge >= 0.3 is 0 Å². The first-order chi connectivity index (χ1) is 6.86. The Labute approximate surface area is 97.8 Å². The van der Waals surface area contributed by atoms with E-state index in [9.17, 15) is 4.21 Å². The van der Waals surface area contributed by atoms with E-state index in [2.05, 4.69) is 15.3 Å². The van der Waals surface area contributed by atoms with Crippen LogP contribution in [0.5, 0.6) is 0 Å². The Balaban J connectivity index is 0.00000112. The Morgan fingerprint density at radius 1 is 1.47 bits per heavy atom. The number of aromatic nitrogens is 2. The number of nitrogens with zero attached hydrogens (tertiary/aromatic N) is 2. The molecule has 1 aliphatic rings. The molecule has 2 rings (SSSR count). The summed E-state index contributed by atoms with van der Waals surface area (Å²) in [6, 6.07) is 2.11. The quantitative estimate of drug-likeness (QED) is 0.802. The minimum absolute atomic E-state index is 0. The van der Waals surface area contributed by atoms with Gasteiger partial charge in [-0.15, -0.1) is 12.4 Å². The van der Waals surface area contributed by atoms with Gasteiger partial charge in [0.05, 0.1) is 10.8 Å². The predicted octanol–water partition coefficient (Wildman–Crippen LogP) is 0.758. The topological polar surface area (TPSA) is 54.9 Å². The third-order valence-corrected chi connectivity index (χ3v) is 3.58. The van der Waals surface area contributed by atoms with Crippen molar-refractivity contribution in [2.75, 3.05) is 12.3 Å². The van der Waals surface area contributed by atoms with Crippen molar-refractivity contribution in [1.82, 2.24) is 15.3 Å². The lowest BCUT2D eigenvalue weighted by Gasteiger charge is -2.07. The average Bonchev–Trinajstić information content (AvgIpc) is 2.72. The number of hydrogen-bond acceptors (Lipinski definition) is 4. The van der Waals surface area contributed by atoms with Gasteiger partial charge in [-0.3, -0.25) is 4.21 Å². The molecule has 0 aliphatic carbocycles. The van der Waals surface area contributed by atoms with Crippen LogP contribution < -0.4 is 5.32 Å². The summed E-state index contributed by atoms with van der Waals surface area (Å²) in [6.07, 6.45) is 5.54. The highest BCUT2D eigenvalue weighted by Crippen LogP contribution is 2.08. The lowest BCUT2D eigenvalue weighted by atomic mass is 10.3. The van der Waals surface area contributed by atoms with Crippen molar-refractivity contribution >= 4 is 23.2 Å². The van der Waals surface area contributed by atoms with Gasteiger partial charge in [0.1, 0.15) is 0 Å². The first-order valence-corrected chi connectivity index (χ1v) is 6.07. The van der Waals surface area contributed by atoms with Crippen molar-refractivity contribution in [3.63, 3.8) is 0 Å². The normalized spacial score (nSPS) is 22.0. The third kappa shape index (κ3) is 3.52. The van der Waals surface area contributed by atoms with Gasteiger partial charge in [-0.2, -0.15) is 0 Å². The fourth-order valence-corrected chi connectivity index (χ4v) is 2.72. The van der Waals surface area contributed by atoms with Crippen LogP contribution in [0.2, 0.25) is 0 Å². The molecular formula is C9H14ClN3OS. The molecule has 1 saturated heterocycles. The van der Waals surface area contributed by atoms with E-state index in [1.54, 1.807) is 18.5 Å². The summed E-state index contributed by atoms with van der Waals surface area (Å²) in [5.41, 5.74) is 0. The fourth-order valence-electron chi connectivity index (χ4n) is 1.56. The molecule has 1 aliphatic heterocycles. The minimum atomic E-state index is -1.06. The second-order valence-corrected chi connectivity index (χ2v) is 4.73. The zero-order valence-electron chi connectivity index (χ0n) is 8.26. The Bertz CT molecular complexity index is 316. The summed E-state index contributed by atoms with van der Waals surface area (Å²) < 4.78 is 11.7. The van der Waals surface area contributed by atoms with Crippen molar-refractivity contribution < 1.29 is 4.21 Å². The summed E-state index contributed by atoms with van der Waals surface area (Å²) in [5.74, 6) is 0.629. The van der Waals surface area contributed by atoms with Gasteiger partial charge in [-0.25, -0.2) is 9.97 Å². The van der Waals surface area contributed by atoms with Crippen molar-refractivity contribution in [3.05, 3.63) is 18.5 Å². The SMILES string of the molecule is Cl.O=S(CC1CCCN1)c1ncccn1. The van der Waals surface area contributed by atoms with E-state index in [1.165, 1.54) is 6.42 Å². The molecular weight excluding hydrogens is 234 g/mol. The van der Waals surface area contributed by atoms with Crippen molar-refractivity contribution in [1.29, 1.82) is 0 Å². The molecule has 1 aromatic rings. The first-order valence-electron chi connectivity index (χ1n) is 4.75. The van der Waals surface area contributed by atoms with Crippen LogP contribution in [0.25, 0.3) is 0 Å². The van der Waals surface area contributed by atoms with Crippen molar-refractivity contribution in [2.24, 2.45) is 0 Å². The molecule has 0 amide bonds. The number of hydrogen-bond donors (Lipinski definition) is 1. The summed E-state index contributed by atoms with van der Waals surface area (Å²) >= 11 is 0. The number of rotatable bonds is 3. The van der Waals surface area contributed by atoms with Gasteiger partial charge in [0.25, 0.3) is 0 Å². The van der Waals surface area contributed by atoms with Gasteiger partial charge in [-0.1, -0.05) is 0 Å². The van der Waals surface area contributed by atoms with E-state index in [1.807, 2.05) is 0 Å². The van der Waals surface area contributed by atoms with Crippen molar-refractivity contribution in [2.45, 2.75) is 24.0 Å². The Morgan fingerprint density at radius 3 is 2.80 bits per heavy atom. The van der Waals surface area contributed by atoms with E-state index in [0.717, 1.165) is 13.0 Å². The Kier molecular flexibility index (Phi) is 5.14. The van der Waals surface area contributed by atoms with E-state index in [4.69, 9.17) is 0 Å². The zero-order chi connectivity index (χ0) is 9.80. The molecule has 0 bridgehead atoms. The zero-order valence-corrected chi connectivity index (χ0v) is 9.89. The summed E-state index contributed by atoms with van der Waals surface area (Å²) in [7, 11) is -1.06. The van der Waals surface area contributed by atoms with E-state index in [0.29, 0.717) is 17.0 Å². The van der Waals surface area contributed by atoms with E-state index in [-0.39, 0.29) is 12.4 Å². The van der Waals surface area contributed by atoms with Crippen LogP contribution in [0, 0.1) is 0 Å². The molecule has 4 nitrogen and oxygen atoms in total. The molecule has 0 radical (unpaired) electrons. The highest BCUT2D eigenvalue weighted by atomic mass is 35.5. The average molecular weight is 248 g/mol. The van der Waals surface area contributed by atoms with Crippen LogP contribution >= 0.6 is 12.4 Å². The molecule has 1 fully saturated rings. The molecule has 2 unspecified atom stereocenters. The van der Waals surface area contributed by atoms with E-state index < -0.39 is 10.8 Å². The van der Waals surface area contributed by atoms with Crippen LogP contribution in [0.4, 0.5) is 0 Å². The van der Waals surface area contributed by atoms with Crippen LogP contribution in [-0.2, 0) is 10.8 Å². The molecule has 15 heavy (non-hydrogen) atoms. The van der Waals surface area contributed by atoms with Crippen LogP contribution in [0.1, 0.15) is 12.8 Å². The summed E-state index contributed by atoms with van der Waals surface area (Å²) in [6.45, 7) is 1.04. The minimum Gasteiger partial charge on any atom is -0.313 e. The monoisotopic (exact) mass is 247 g/mol. The molecule has 0 saturated carbocycles. The number of halogens is 1. The molecule has 2 heterocycles. The third-order valence-electron chi connectivity index (χ3n) is 2.26. The summed E-state index contributed by atoms with van der Waals surface area (Å²) in [5, 5.41) is 3.75. The largest absolute Gasteiger partial charge is 0.313 e. The lowest BCUT2D eigenvalue weighted by molar-refractivity contribution is 0.638. The van der Waals surface area contributed by atoms with Gasteiger partial charge < -0.3 is 5.32 Å². The first kappa shape index (κ1) is 12.5. The van der Waals surface area contributed by atoms with Crippen LogP contribution in [0.15, 0.2) is 23.6 Å². The highest BCUT2D eigenvalue weighted by molar-refractivity contribution is 7.84. The molecule has 2 atom stereocenters. The van der Waals surface area contributed by atoms with Crippen LogP contribution in [0.3, 0.4) is 0 Å². The standard InChI is InChI=1S/C9H13N3OS.ClH/c13-14(7-8-3-1-4-10-8)9-11-5-2-6-12-9;/h2,5-6,8,10H,1,3-4,7H2;1H. The van der Waals surface area contributed by atoms with Gasteiger partial charge in [0.2, 0.25) is 5.16 Å². The Morgan fingerprint density at radius 2 is 2.20 bits per heavy atom. The molecule has 84 valence electrons. The van der Waals surface area contributed by atoms with Crippen molar-refractivity contribution in [3.8, 4) is 0 Å².